The summed E-state index contributed by atoms with van der Waals surface area (Å²) in [5.74, 6) is -0.814. The summed E-state index contributed by atoms with van der Waals surface area (Å²) < 4.78 is 13.5. The molecule has 0 atom stereocenters. The van der Waals surface area contributed by atoms with E-state index in [1.807, 2.05) is 0 Å². The third-order valence-corrected chi connectivity index (χ3v) is 3.05. The van der Waals surface area contributed by atoms with Crippen molar-refractivity contribution in [2.45, 2.75) is 6.54 Å². The fourth-order valence-corrected chi connectivity index (χ4v) is 1.90. The van der Waals surface area contributed by atoms with E-state index in [-0.39, 0.29) is 23.0 Å². The normalized spacial score (nSPS) is 10.2. The van der Waals surface area contributed by atoms with E-state index in [2.05, 4.69) is 5.32 Å². The Morgan fingerprint density at radius 1 is 1.21 bits per heavy atom. The molecule has 0 aliphatic heterocycles. The summed E-state index contributed by atoms with van der Waals surface area (Å²) in [6, 6.07) is 11.1. The molecule has 1 amide bonds. The number of rotatable bonds is 3. The number of carbonyl (C=O) groups is 1. The van der Waals surface area contributed by atoms with E-state index in [4.69, 9.17) is 17.3 Å². The molecule has 0 saturated heterocycles. The van der Waals surface area contributed by atoms with Gasteiger partial charge in [0.1, 0.15) is 5.82 Å². The van der Waals surface area contributed by atoms with Gasteiger partial charge in [-0.15, -0.1) is 0 Å². The topological polar surface area (TPSA) is 55.1 Å². The molecule has 0 spiro atoms. The van der Waals surface area contributed by atoms with E-state index >= 15 is 0 Å². The van der Waals surface area contributed by atoms with Crippen LogP contribution in [0.25, 0.3) is 0 Å². The average Bonchev–Trinajstić information content (AvgIpc) is 2.38. The molecule has 98 valence electrons. The van der Waals surface area contributed by atoms with Crippen LogP contribution in [0.5, 0.6) is 0 Å². The Balaban J connectivity index is 2.11. The van der Waals surface area contributed by atoms with Crippen LogP contribution < -0.4 is 11.1 Å². The maximum Gasteiger partial charge on any atom is 0.253 e. The summed E-state index contributed by atoms with van der Waals surface area (Å²) in [5.41, 5.74) is 6.68. The minimum Gasteiger partial charge on any atom is -0.398 e. The number of hydrogen-bond acceptors (Lipinski definition) is 2. The number of anilines is 1. The second-order valence-electron chi connectivity index (χ2n) is 3.97. The Morgan fingerprint density at radius 2 is 1.95 bits per heavy atom. The molecule has 0 aliphatic rings. The first-order valence-corrected chi connectivity index (χ1v) is 6.03. The van der Waals surface area contributed by atoms with E-state index in [0.717, 1.165) is 0 Å². The van der Waals surface area contributed by atoms with Crippen LogP contribution in [-0.4, -0.2) is 5.91 Å². The molecule has 0 bridgehead atoms. The van der Waals surface area contributed by atoms with Gasteiger partial charge in [-0.3, -0.25) is 4.79 Å². The van der Waals surface area contributed by atoms with Crippen LogP contribution in [0.4, 0.5) is 10.1 Å². The van der Waals surface area contributed by atoms with Crippen LogP contribution in [0.15, 0.2) is 42.5 Å². The fraction of sp³-hybridized carbons (Fsp3) is 0.0714. The van der Waals surface area contributed by atoms with Gasteiger partial charge in [0.2, 0.25) is 0 Å². The van der Waals surface area contributed by atoms with E-state index < -0.39 is 5.82 Å². The summed E-state index contributed by atoms with van der Waals surface area (Å²) in [6.07, 6.45) is 0. The van der Waals surface area contributed by atoms with Crippen LogP contribution in [0.1, 0.15) is 15.9 Å². The third kappa shape index (κ3) is 3.03. The van der Waals surface area contributed by atoms with Crippen molar-refractivity contribution < 1.29 is 9.18 Å². The molecule has 2 aromatic carbocycles. The lowest BCUT2D eigenvalue weighted by molar-refractivity contribution is 0.0951. The molecule has 3 N–H and O–H groups in total. The molecule has 0 fully saturated rings. The standard InChI is InChI=1S/C14H12ClFN2O/c15-11-5-3-6-12(16)10(11)8-18-14(19)9-4-1-2-7-13(9)17/h1-7H,8,17H2,(H,18,19). The fourth-order valence-electron chi connectivity index (χ4n) is 1.67. The quantitative estimate of drug-likeness (QED) is 0.848. The zero-order chi connectivity index (χ0) is 13.8. The lowest BCUT2D eigenvalue weighted by Gasteiger charge is -2.09. The predicted octanol–water partition coefficient (Wildman–Crippen LogP) is 2.99. The predicted molar refractivity (Wildman–Crippen MR) is 73.4 cm³/mol. The Labute approximate surface area is 115 Å². The Bertz CT molecular complexity index is 596. The van der Waals surface area contributed by atoms with E-state index in [0.29, 0.717) is 11.3 Å². The van der Waals surface area contributed by atoms with Gasteiger partial charge in [0, 0.05) is 22.8 Å². The second-order valence-corrected chi connectivity index (χ2v) is 4.38. The van der Waals surface area contributed by atoms with Crippen LogP contribution in [-0.2, 0) is 6.54 Å². The Hall–Kier alpha value is -2.07. The number of hydrogen-bond donors (Lipinski definition) is 2. The van der Waals surface area contributed by atoms with E-state index in [1.165, 1.54) is 12.1 Å². The van der Waals surface area contributed by atoms with Crippen LogP contribution in [0.2, 0.25) is 5.02 Å². The molecule has 0 heterocycles. The van der Waals surface area contributed by atoms with Gasteiger partial charge in [0.15, 0.2) is 0 Å². The maximum absolute atomic E-state index is 13.5. The molecule has 5 heteroatoms. The third-order valence-electron chi connectivity index (χ3n) is 2.69. The molecular formula is C14H12ClFN2O. The zero-order valence-corrected chi connectivity index (χ0v) is 10.7. The minimum atomic E-state index is -0.450. The summed E-state index contributed by atoms with van der Waals surface area (Å²) >= 11 is 5.87. The number of carbonyl (C=O) groups excluding carboxylic acids is 1. The average molecular weight is 279 g/mol. The van der Waals surface area contributed by atoms with Crippen molar-refractivity contribution in [3.63, 3.8) is 0 Å². The zero-order valence-electron chi connectivity index (χ0n) is 9.99. The van der Waals surface area contributed by atoms with Crippen molar-refractivity contribution in [2.24, 2.45) is 0 Å². The molecule has 0 aliphatic carbocycles. The molecule has 2 rings (SSSR count). The first-order valence-electron chi connectivity index (χ1n) is 5.65. The molecule has 19 heavy (non-hydrogen) atoms. The second kappa shape index (κ2) is 5.71. The highest BCUT2D eigenvalue weighted by Gasteiger charge is 2.11. The van der Waals surface area contributed by atoms with Crippen molar-refractivity contribution in [2.75, 3.05) is 5.73 Å². The number of halogens is 2. The molecule has 0 unspecified atom stereocenters. The van der Waals surface area contributed by atoms with Gasteiger partial charge in [-0.1, -0.05) is 29.8 Å². The molecule has 3 nitrogen and oxygen atoms in total. The SMILES string of the molecule is Nc1ccccc1C(=O)NCc1c(F)cccc1Cl. The number of amides is 1. The number of nitrogens with two attached hydrogens (primary N) is 1. The van der Waals surface area contributed by atoms with Gasteiger partial charge in [0.05, 0.1) is 5.56 Å². The van der Waals surface area contributed by atoms with Gasteiger partial charge < -0.3 is 11.1 Å². The largest absolute Gasteiger partial charge is 0.398 e. The lowest BCUT2D eigenvalue weighted by atomic mass is 10.1. The summed E-state index contributed by atoms with van der Waals surface area (Å²) in [7, 11) is 0. The van der Waals surface area contributed by atoms with Gasteiger partial charge in [-0.25, -0.2) is 4.39 Å². The van der Waals surface area contributed by atoms with Crippen molar-refractivity contribution in [1.29, 1.82) is 0 Å². The number of nitrogen functional groups attached to an aromatic ring is 1. The first-order chi connectivity index (χ1) is 9.09. The summed E-state index contributed by atoms with van der Waals surface area (Å²) in [4.78, 5) is 11.9. The van der Waals surface area contributed by atoms with Crippen LogP contribution in [0, 0.1) is 5.82 Å². The lowest BCUT2D eigenvalue weighted by Crippen LogP contribution is -2.24. The van der Waals surface area contributed by atoms with Gasteiger partial charge in [0.25, 0.3) is 5.91 Å². The smallest absolute Gasteiger partial charge is 0.253 e. The van der Waals surface area contributed by atoms with Gasteiger partial charge in [-0.05, 0) is 24.3 Å². The van der Waals surface area contributed by atoms with E-state index in [1.54, 1.807) is 30.3 Å². The highest BCUT2D eigenvalue weighted by atomic mass is 35.5. The molecular weight excluding hydrogens is 267 g/mol. The number of benzene rings is 2. The highest BCUT2D eigenvalue weighted by molar-refractivity contribution is 6.31. The first kappa shape index (κ1) is 13.4. The molecule has 2 aromatic rings. The van der Waals surface area contributed by atoms with Crippen LogP contribution >= 0.6 is 11.6 Å². The minimum absolute atomic E-state index is 0.0126. The van der Waals surface area contributed by atoms with Crippen molar-refractivity contribution >= 4 is 23.2 Å². The highest BCUT2D eigenvalue weighted by Crippen LogP contribution is 2.19. The molecule has 0 aromatic heterocycles. The molecule has 0 saturated carbocycles. The summed E-state index contributed by atoms with van der Waals surface area (Å²) in [5, 5.41) is 2.87. The van der Waals surface area contributed by atoms with Gasteiger partial charge in [-0.2, -0.15) is 0 Å². The van der Waals surface area contributed by atoms with Crippen molar-refractivity contribution in [1.82, 2.24) is 5.32 Å². The van der Waals surface area contributed by atoms with Gasteiger partial charge >= 0.3 is 0 Å². The van der Waals surface area contributed by atoms with E-state index in [9.17, 15) is 9.18 Å². The molecule has 0 radical (unpaired) electrons. The number of para-hydroxylation sites is 1. The monoisotopic (exact) mass is 278 g/mol. The number of nitrogens with one attached hydrogen (secondary N) is 1. The Morgan fingerprint density at radius 3 is 2.63 bits per heavy atom. The maximum atomic E-state index is 13.5. The van der Waals surface area contributed by atoms with Crippen LogP contribution in [0.3, 0.4) is 0 Å². The van der Waals surface area contributed by atoms with Crippen molar-refractivity contribution in [3.05, 3.63) is 64.4 Å². The Kier molecular flexibility index (Phi) is 4.02. The summed E-state index contributed by atoms with van der Waals surface area (Å²) in [6.45, 7) is 0.0126. The van der Waals surface area contributed by atoms with Crippen molar-refractivity contribution in [3.8, 4) is 0 Å².